The zero-order valence-electron chi connectivity index (χ0n) is 11.4. The van der Waals surface area contributed by atoms with Crippen molar-refractivity contribution in [3.05, 3.63) is 56.5 Å². The van der Waals surface area contributed by atoms with Crippen LogP contribution < -0.4 is 11.0 Å². The molecule has 2 heterocycles. The highest BCUT2D eigenvalue weighted by atomic mass is 79.9. The average Bonchev–Trinajstić information content (AvgIpc) is 3.13. The molecule has 0 bridgehead atoms. The van der Waals surface area contributed by atoms with Crippen LogP contribution in [0, 0.1) is 5.82 Å². The number of amides is 1. The van der Waals surface area contributed by atoms with Gasteiger partial charge in [-0.05, 0) is 46.1 Å². The number of tetrazole rings is 1. The second-order valence-corrected chi connectivity index (χ2v) is 6.30. The number of nitrogens with one attached hydrogen (secondary N) is 1. The Hall–Kier alpha value is -2.33. The molecule has 118 valence electrons. The van der Waals surface area contributed by atoms with Crippen molar-refractivity contribution in [2.45, 2.75) is 6.54 Å². The lowest BCUT2D eigenvalue weighted by Gasteiger charge is -2.05. The molecule has 1 N–H and O–H groups in total. The Morgan fingerprint density at radius 1 is 1.35 bits per heavy atom. The second kappa shape index (κ2) is 6.42. The van der Waals surface area contributed by atoms with Crippen LogP contribution >= 0.6 is 27.3 Å². The molecule has 7 nitrogen and oxygen atoms in total. The van der Waals surface area contributed by atoms with E-state index in [1.165, 1.54) is 23.5 Å². The largest absolute Gasteiger partial charge is 0.369 e. The Morgan fingerprint density at radius 2 is 2.17 bits per heavy atom. The summed E-state index contributed by atoms with van der Waals surface area (Å²) in [6.45, 7) is -0.361. The Morgan fingerprint density at radius 3 is 2.87 bits per heavy atom. The van der Waals surface area contributed by atoms with Gasteiger partial charge in [0.05, 0.1) is 5.69 Å². The summed E-state index contributed by atoms with van der Waals surface area (Å²) in [4.78, 5) is 24.1. The molecule has 0 saturated heterocycles. The van der Waals surface area contributed by atoms with Gasteiger partial charge < -0.3 is 5.32 Å². The molecule has 0 spiro atoms. The summed E-state index contributed by atoms with van der Waals surface area (Å²) in [5, 5.41) is 12.1. The van der Waals surface area contributed by atoms with E-state index < -0.39 is 17.4 Å². The van der Waals surface area contributed by atoms with Gasteiger partial charge in [0.1, 0.15) is 17.4 Å². The lowest BCUT2D eigenvalue weighted by atomic mass is 10.3. The number of hydrogen-bond donors (Lipinski definition) is 1. The summed E-state index contributed by atoms with van der Waals surface area (Å²) in [5.41, 5.74) is -0.518. The van der Waals surface area contributed by atoms with E-state index in [4.69, 9.17) is 0 Å². The molecule has 3 aromatic rings. The van der Waals surface area contributed by atoms with Crippen molar-refractivity contribution >= 4 is 38.9 Å². The number of anilines is 1. The minimum absolute atomic E-state index is 0.0249. The van der Waals surface area contributed by atoms with E-state index >= 15 is 0 Å². The molecule has 0 aliphatic heterocycles. The fraction of sp³-hybridized carbons (Fsp3) is 0.0769. The van der Waals surface area contributed by atoms with Crippen LogP contribution in [-0.2, 0) is 11.3 Å². The van der Waals surface area contributed by atoms with Gasteiger partial charge in [0.25, 0.3) is 0 Å². The van der Waals surface area contributed by atoms with E-state index in [0.29, 0.717) is 9.47 Å². The summed E-state index contributed by atoms with van der Waals surface area (Å²) in [6, 6.07) is 7.73. The maximum absolute atomic E-state index is 13.7. The van der Waals surface area contributed by atoms with Crippen LogP contribution in [0.1, 0.15) is 0 Å². The highest BCUT2D eigenvalue weighted by molar-refractivity contribution is 9.10. The Bertz CT molecular complexity index is 905. The number of carbonyl (C=O) groups is 1. The van der Waals surface area contributed by atoms with E-state index in [1.54, 1.807) is 23.6 Å². The number of nitrogens with zero attached hydrogens (tertiary/aromatic N) is 4. The van der Waals surface area contributed by atoms with Crippen molar-refractivity contribution in [2.24, 2.45) is 0 Å². The van der Waals surface area contributed by atoms with E-state index in [0.717, 1.165) is 9.36 Å². The molecule has 0 radical (unpaired) electrons. The van der Waals surface area contributed by atoms with Crippen LogP contribution in [0.5, 0.6) is 0 Å². The standard InChI is InChI=1S/C13H9BrFN5O2S/c14-8-3-4-10(9(15)6-8)16-11(21)7-19-13(22)20(18-17-19)12-2-1-5-23-12/h1-6H,7H2,(H,16,21). The van der Waals surface area contributed by atoms with Gasteiger partial charge in [-0.15, -0.1) is 11.3 Å². The average molecular weight is 398 g/mol. The minimum atomic E-state index is -0.581. The first-order chi connectivity index (χ1) is 11.0. The molecule has 3 rings (SSSR count). The first kappa shape index (κ1) is 15.6. The van der Waals surface area contributed by atoms with Gasteiger partial charge in [-0.25, -0.2) is 9.18 Å². The van der Waals surface area contributed by atoms with Gasteiger partial charge in [0.15, 0.2) is 0 Å². The zero-order valence-corrected chi connectivity index (χ0v) is 13.8. The van der Waals surface area contributed by atoms with Gasteiger partial charge in [0, 0.05) is 4.47 Å². The van der Waals surface area contributed by atoms with Crippen LogP contribution in [0.25, 0.3) is 5.00 Å². The topological polar surface area (TPSA) is 81.8 Å². The summed E-state index contributed by atoms with van der Waals surface area (Å²) in [6.07, 6.45) is 0. The predicted octanol–water partition coefficient (Wildman–Crippen LogP) is 2.03. The van der Waals surface area contributed by atoms with Crippen LogP contribution in [-0.4, -0.2) is 25.7 Å². The highest BCUT2D eigenvalue weighted by Gasteiger charge is 2.14. The summed E-state index contributed by atoms with van der Waals surface area (Å²) >= 11 is 4.45. The maximum atomic E-state index is 13.7. The predicted molar refractivity (Wildman–Crippen MR) is 86.2 cm³/mol. The number of hydrogen-bond acceptors (Lipinski definition) is 5. The fourth-order valence-corrected chi connectivity index (χ4v) is 2.82. The van der Waals surface area contributed by atoms with E-state index in [1.807, 2.05) is 0 Å². The van der Waals surface area contributed by atoms with E-state index in [2.05, 4.69) is 31.7 Å². The van der Waals surface area contributed by atoms with Crippen LogP contribution in [0.2, 0.25) is 0 Å². The smallest absolute Gasteiger partial charge is 0.322 e. The zero-order chi connectivity index (χ0) is 16.4. The number of benzene rings is 1. The van der Waals surface area contributed by atoms with Crippen molar-refractivity contribution < 1.29 is 9.18 Å². The number of rotatable bonds is 4. The molecule has 10 heteroatoms. The van der Waals surface area contributed by atoms with Crippen LogP contribution in [0.4, 0.5) is 10.1 Å². The number of halogens is 2. The SMILES string of the molecule is O=C(Cn1nnn(-c2cccs2)c1=O)Nc1ccc(Br)cc1F. The molecule has 0 atom stereocenters. The summed E-state index contributed by atoms with van der Waals surface area (Å²) < 4.78 is 16.2. The van der Waals surface area contributed by atoms with Gasteiger partial charge in [-0.2, -0.15) is 9.36 Å². The molecular weight excluding hydrogens is 389 g/mol. The Balaban J connectivity index is 1.75. The monoisotopic (exact) mass is 397 g/mol. The van der Waals surface area contributed by atoms with Crippen molar-refractivity contribution in [2.75, 3.05) is 5.32 Å². The van der Waals surface area contributed by atoms with Gasteiger partial charge in [0.2, 0.25) is 5.91 Å². The second-order valence-electron chi connectivity index (χ2n) is 4.45. The van der Waals surface area contributed by atoms with Gasteiger partial charge >= 0.3 is 5.69 Å². The van der Waals surface area contributed by atoms with Crippen LogP contribution in [0.3, 0.4) is 0 Å². The third-order valence-corrected chi connectivity index (χ3v) is 4.19. The molecule has 23 heavy (non-hydrogen) atoms. The molecule has 0 fully saturated rings. The molecule has 0 unspecified atom stereocenters. The Labute approximate surface area is 141 Å². The lowest BCUT2D eigenvalue weighted by molar-refractivity contribution is -0.117. The molecule has 0 aliphatic rings. The van der Waals surface area contributed by atoms with Crippen molar-refractivity contribution in [3.63, 3.8) is 0 Å². The van der Waals surface area contributed by atoms with E-state index in [9.17, 15) is 14.0 Å². The van der Waals surface area contributed by atoms with Crippen molar-refractivity contribution in [3.8, 4) is 5.00 Å². The summed E-state index contributed by atoms with van der Waals surface area (Å²) in [5.74, 6) is -1.16. The fourth-order valence-electron chi connectivity index (χ4n) is 1.82. The molecule has 2 aromatic heterocycles. The van der Waals surface area contributed by atoms with Crippen molar-refractivity contribution in [1.82, 2.24) is 19.8 Å². The minimum Gasteiger partial charge on any atom is -0.322 e. The quantitative estimate of drug-likeness (QED) is 0.729. The normalized spacial score (nSPS) is 10.7. The molecule has 1 amide bonds. The van der Waals surface area contributed by atoms with Gasteiger partial charge in [-0.1, -0.05) is 15.9 Å². The number of thiophene rings is 1. The maximum Gasteiger partial charge on any atom is 0.369 e. The highest BCUT2D eigenvalue weighted by Crippen LogP contribution is 2.19. The Kier molecular flexibility index (Phi) is 4.35. The van der Waals surface area contributed by atoms with E-state index in [-0.39, 0.29) is 12.2 Å². The number of aromatic nitrogens is 4. The van der Waals surface area contributed by atoms with Gasteiger partial charge in [-0.3, -0.25) is 4.79 Å². The third kappa shape index (κ3) is 3.37. The molecular formula is C13H9BrFN5O2S. The van der Waals surface area contributed by atoms with Crippen LogP contribution in [0.15, 0.2) is 45.0 Å². The lowest BCUT2D eigenvalue weighted by Crippen LogP contribution is -2.29. The molecule has 0 aliphatic carbocycles. The summed E-state index contributed by atoms with van der Waals surface area (Å²) in [7, 11) is 0. The number of carbonyl (C=O) groups excluding carboxylic acids is 1. The molecule has 0 saturated carbocycles. The molecule has 1 aromatic carbocycles. The first-order valence-corrected chi connectivity index (χ1v) is 8.03. The van der Waals surface area contributed by atoms with Crippen molar-refractivity contribution in [1.29, 1.82) is 0 Å². The first-order valence-electron chi connectivity index (χ1n) is 6.36. The third-order valence-electron chi connectivity index (χ3n) is 2.85.